The lowest BCUT2D eigenvalue weighted by molar-refractivity contribution is -0.911. The van der Waals surface area contributed by atoms with E-state index < -0.39 is 0 Å². The van der Waals surface area contributed by atoms with Crippen LogP contribution in [0, 0.1) is 0 Å². The summed E-state index contributed by atoms with van der Waals surface area (Å²) in [6.07, 6.45) is 19.3. The van der Waals surface area contributed by atoms with E-state index >= 15 is 0 Å². The highest BCUT2D eigenvalue weighted by Crippen LogP contribution is 2.47. The molecule has 8 rings (SSSR count). The van der Waals surface area contributed by atoms with Crippen molar-refractivity contribution in [1.82, 2.24) is 0 Å². The van der Waals surface area contributed by atoms with Crippen molar-refractivity contribution in [1.29, 1.82) is 0 Å². The maximum atomic E-state index is 2.53. The second-order valence-electron chi connectivity index (χ2n) is 19.0. The van der Waals surface area contributed by atoms with Gasteiger partial charge in [-0.25, -0.2) is 0 Å². The Hall–Kier alpha value is -4.99. The van der Waals surface area contributed by atoms with E-state index in [0.29, 0.717) is 0 Å². The molecule has 2 aromatic heterocycles. The lowest BCUT2D eigenvalue weighted by Gasteiger charge is -2.33. The number of aromatic nitrogens is 2. The zero-order chi connectivity index (χ0) is 43.5. The quantitative estimate of drug-likeness (QED) is 0.0547. The van der Waals surface area contributed by atoms with E-state index in [-0.39, 0.29) is 5.41 Å². The Morgan fingerprint density at radius 3 is 2.05 bits per heavy atom. The average molecular weight is 863 g/mol. The molecule has 4 aromatic carbocycles. The average Bonchev–Trinajstić information content (AvgIpc) is 3.83. The molecule has 4 heterocycles. The second kappa shape index (κ2) is 18.4. The van der Waals surface area contributed by atoms with Crippen LogP contribution in [0.2, 0.25) is 0 Å². The molecule has 0 saturated carbocycles. The Morgan fingerprint density at radius 2 is 1.29 bits per heavy atom. The highest BCUT2D eigenvalue weighted by Gasteiger charge is 2.37. The summed E-state index contributed by atoms with van der Waals surface area (Å²) in [6.45, 7) is 11.4. The fourth-order valence-corrected chi connectivity index (χ4v) is 11.7. The van der Waals surface area contributed by atoms with E-state index in [1.807, 2.05) is 23.1 Å². The number of nitrogens with zero attached hydrogens (tertiary/aromatic N) is 6. The second-order valence-corrected chi connectivity index (χ2v) is 21.1. The Morgan fingerprint density at radius 1 is 0.645 bits per heavy atom. The molecular formula is C54H66N6S2+4. The summed E-state index contributed by atoms with van der Waals surface area (Å²) in [5.41, 5.74) is 9.19. The van der Waals surface area contributed by atoms with E-state index in [1.54, 1.807) is 0 Å². The number of thiazole rings is 1. The summed E-state index contributed by atoms with van der Waals surface area (Å²) in [4.78, 5) is 5.96. The molecule has 6 nitrogen and oxygen atoms in total. The lowest BCUT2D eigenvalue weighted by atomic mass is 9.84. The number of benzene rings is 4. The molecule has 0 unspecified atom stereocenters. The predicted octanol–water partition coefficient (Wildman–Crippen LogP) is 11.1. The highest BCUT2D eigenvalue weighted by atomic mass is 32.2. The van der Waals surface area contributed by atoms with Gasteiger partial charge in [0.1, 0.15) is 4.70 Å². The number of hydrogen-bond donors (Lipinski definition) is 0. The standard InChI is InChI=1S/C54H66N6S2/c1-54(2)44-24-13-15-26-46(44)55(3)51(54)31-10-9-11-32-52-58(48-28-17-19-30-50(48)61-52)35-21-38-60(7,8)40-22-39-59(5,6)37-20-34-57-36-33-42(43-23-12-14-25-45(43)57)41-53-56(4)47-27-16-18-29-49(47)62-53/h9-19,23-33,36,41H,20-22,34-35,37-40H2,1-8H3/q+4. The Balaban J connectivity index is 0.823. The molecule has 0 amide bonds. The van der Waals surface area contributed by atoms with E-state index in [9.17, 15) is 0 Å². The van der Waals surface area contributed by atoms with Crippen molar-refractivity contribution in [2.45, 2.75) is 56.5 Å². The smallest absolute Gasteiger partial charge is 0.262 e. The first-order valence-corrected chi connectivity index (χ1v) is 24.0. The van der Waals surface area contributed by atoms with Gasteiger partial charge in [0.25, 0.3) is 5.01 Å². The molecule has 6 aromatic rings. The summed E-state index contributed by atoms with van der Waals surface area (Å²) in [5.74, 6) is 0. The maximum absolute atomic E-state index is 2.53. The van der Waals surface area contributed by atoms with Gasteiger partial charge >= 0.3 is 0 Å². The molecule has 0 aliphatic carbocycles. The van der Waals surface area contributed by atoms with Gasteiger partial charge in [0, 0.05) is 66.5 Å². The molecule has 0 N–H and O–H groups in total. The first-order valence-electron chi connectivity index (χ1n) is 22.4. The van der Waals surface area contributed by atoms with Gasteiger partial charge in [-0.05, 0) is 53.6 Å². The van der Waals surface area contributed by atoms with Gasteiger partial charge in [0.15, 0.2) is 19.3 Å². The third-order valence-electron chi connectivity index (χ3n) is 13.1. The number of anilines is 2. The lowest BCUT2D eigenvalue weighted by Crippen LogP contribution is -2.47. The number of pyridine rings is 1. The van der Waals surface area contributed by atoms with Crippen LogP contribution in [0.1, 0.15) is 49.2 Å². The van der Waals surface area contributed by atoms with E-state index in [0.717, 1.165) is 48.0 Å². The van der Waals surface area contributed by atoms with Gasteiger partial charge in [0.05, 0.1) is 83.3 Å². The molecule has 0 radical (unpaired) electrons. The molecule has 62 heavy (non-hydrogen) atoms. The van der Waals surface area contributed by atoms with Gasteiger partial charge in [-0.15, -0.1) is 0 Å². The van der Waals surface area contributed by atoms with Gasteiger partial charge in [0.2, 0.25) is 11.0 Å². The summed E-state index contributed by atoms with van der Waals surface area (Å²) in [5, 5.41) is 3.88. The van der Waals surface area contributed by atoms with Gasteiger partial charge in [-0.2, -0.15) is 9.13 Å². The van der Waals surface area contributed by atoms with Crippen LogP contribution in [0.4, 0.5) is 11.4 Å². The largest absolute Gasteiger partial charge is 0.347 e. The molecule has 0 saturated heterocycles. The van der Waals surface area contributed by atoms with Crippen molar-refractivity contribution in [2.75, 3.05) is 78.3 Å². The number of quaternary nitrogens is 2. The molecule has 2 aliphatic heterocycles. The zero-order valence-electron chi connectivity index (χ0n) is 38.2. The Bertz CT molecular complexity index is 2680. The van der Waals surface area contributed by atoms with Crippen molar-refractivity contribution in [3.8, 4) is 0 Å². The minimum Gasteiger partial charge on any atom is -0.347 e. The normalized spacial score (nSPS) is 16.6. The summed E-state index contributed by atoms with van der Waals surface area (Å²) in [6, 6.07) is 37.5. The fraction of sp³-hybridized carbons (Fsp3) is 0.333. The summed E-state index contributed by atoms with van der Waals surface area (Å²) >= 11 is 3.74. The van der Waals surface area contributed by atoms with Crippen LogP contribution in [-0.4, -0.2) is 77.4 Å². The third kappa shape index (κ3) is 9.49. The molecule has 320 valence electrons. The molecule has 0 fully saturated rings. The summed E-state index contributed by atoms with van der Waals surface area (Å²) < 4.78 is 8.43. The predicted molar refractivity (Wildman–Crippen MR) is 267 cm³/mol. The van der Waals surface area contributed by atoms with E-state index in [4.69, 9.17) is 0 Å². The number of allylic oxidation sites excluding steroid dienone is 5. The van der Waals surface area contributed by atoms with Gasteiger partial charge in [-0.3, -0.25) is 0 Å². The number of likely N-dealkylation sites (N-methyl/N-ethyl adjacent to an activating group) is 1. The van der Waals surface area contributed by atoms with Crippen molar-refractivity contribution in [3.05, 3.63) is 160 Å². The molecule has 0 atom stereocenters. The highest BCUT2D eigenvalue weighted by molar-refractivity contribution is 8.03. The van der Waals surface area contributed by atoms with Crippen molar-refractivity contribution < 1.29 is 18.1 Å². The van der Waals surface area contributed by atoms with Crippen LogP contribution in [0.5, 0.6) is 0 Å². The van der Waals surface area contributed by atoms with Crippen LogP contribution >= 0.6 is 23.1 Å². The fourth-order valence-electron chi connectivity index (χ4n) is 9.54. The zero-order valence-corrected chi connectivity index (χ0v) is 39.9. The van der Waals surface area contributed by atoms with Crippen LogP contribution in [0.3, 0.4) is 0 Å². The molecule has 0 bridgehead atoms. The number of aryl methyl sites for hydroxylation is 2. The number of fused-ring (bicyclic) bond motifs is 4. The summed E-state index contributed by atoms with van der Waals surface area (Å²) in [7, 11) is 14.0. The van der Waals surface area contributed by atoms with Crippen LogP contribution < -0.4 is 18.9 Å². The number of rotatable bonds is 16. The van der Waals surface area contributed by atoms with Crippen molar-refractivity contribution in [2.24, 2.45) is 0 Å². The van der Waals surface area contributed by atoms with E-state index in [1.165, 1.54) is 83.8 Å². The Labute approximate surface area is 379 Å². The first kappa shape index (κ1) is 43.7. The molecule has 0 spiro atoms. The number of para-hydroxylation sites is 4. The first-order chi connectivity index (χ1) is 29.8. The molecule has 8 heteroatoms. The number of thioether (sulfide) groups is 1. The van der Waals surface area contributed by atoms with Crippen molar-refractivity contribution in [3.63, 3.8) is 0 Å². The topological polar surface area (TPSA) is 14.2 Å². The van der Waals surface area contributed by atoms with Crippen LogP contribution in [0.15, 0.2) is 149 Å². The number of hydrogen-bond acceptors (Lipinski definition) is 4. The van der Waals surface area contributed by atoms with Crippen LogP contribution in [0.25, 0.3) is 33.3 Å². The molecular weight excluding hydrogens is 797 g/mol. The monoisotopic (exact) mass is 862 g/mol. The maximum Gasteiger partial charge on any atom is 0.262 e. The van der Waals surface area contributed by atoms with E-state index in [2.05, 4.69) is 221 Å². The molecule has 2 aliphatic rings. The van der Waals surface area contributed by atoms with Gasteiger partial charge < -0.3 is 18.8 Å². The van der Waals surface area contributed by atoms with Gasteiger partial charge in [-0.1, -0.05) is 110 Å². The SMILES string of the molecule is CN1C(=Cc2cc[n+](CCC[N+](C)(C)CCC[N+](C)(C)CCC[n+]3c(C=CC=CC=C4N(C)c5ccccc5C4(C)C)sc4ccccc43)c3ccccc23)Sc2ccccc21. The minimum atomic E-state index is -0.0151. The minimum absolute atomic E-state index is 0.0151. The third-order valence-corrected chi connectivity index (χ3v) is 15.4. The Kier molecular flexibility index (Phi) is 12.9. The van der Waals surface area contributed by atoms with Crippen molar-refractivity contribution >= 4 is 67.7 Å². The van der Waals surface area contributed by atoms with Crippen LogP contribution in [-0.2, 0) is 18.5 Å².